The molecule has 0 fully saturated rings. The number of amides is 2. The van der Waals surface area contributed by atoms with E-state index in [-0.39, 0.29) is 6.03 Å². The molecule has 0 aliphatic carbocycles. The van der Waals surface area contributed by atoms with Gasteiger partial charge in [-0.15, -0.1) is 0 Å². The maximum absolute atomic E-state index is 10.7. The summed E-state index contributed by atoms with van der Waals surface area (Å²) in [7, 11) is 3.14. The summed E-state index contributed by atoms with van der Waals surface area (Å²) in [6.07, 6.45) is 0. The number of hydrogen-bond acceptors (Lipinski definition) is 3. The molecule has 0 bridgehead atoms. The van der Waals surface area contributed by atoms with Gasteiger partial charge < -0.3 is 5.32 Å². The lowest BCUT2D eigenvalue weighted by Crippen LogP contribution is -2.35. The molecule has 2 N–H and O–H groups in total. The Morgan fingerprint density at radius 3 is 2.38 bits per heavy atom. The van der Waals surface area contributed by atoms with Crippen LogP contribution in [-0.2, 0) is 0 Å². The number of carbonyl (C=O) groups excluding carboxylic acids is 1. The number of aliphatic imine (C=N–C) groups is 1. The van der Waals surface area contributed by atoms with Crippen molar-refractivity contribution in [3.8, 4) is 0 Å². The summed E-state index contributed by atoms with van der Waals surface area (Å²) in [5.41, 5.74) is 0. The maximum atomic E-state index is 10.7. The van der Waals surface area contributed by atoms with E-state index in [2.05, 4.69) is 22.2 Å². The minimum Gasteiger partial charge on any atom is -0.341 e. The summed E-state index contributed by atoms with van der Waals surface area (Å²) in [4.78, 5) is 14.5. The van der Waals surface area contributed by atoms with E-state index in [1.54, 1.807) is 19.5 Å². The van der Waals surface area contributed by atoms with Gasteiger partial charge in [-0.1, -0.05) is 32.2 Å². The zero-order valence-corrected chi connectivity index (χ0v) is 9.36. The number of carbonyl (C=O) groups is 1. The normalized spacial score (nSPS) is 9.38. The highest BCUT2D eigenvalue weighted by atomic mass is 32.2. The molecular weight excluding hydrogens is 186 g/mol. The third-order valence-electron chi connectivity index (χ3n) is 0.846. The fourth-order valence-corrected chi connectivity index (χ4v) is 0.792. The number of hydrogen-bond donors (Lipinski definition) is 2. The summed E-state index contributed by atoms with van der Waals surface area (Å²) in [5, 5.41) is 7.04. The lowest BCUT2D eigenvalue weighted by Gasteiger charge is -2.02. The van der Waals surface area contributed by atoms with Gasteiger partial charge in [0.15, 0.2) is 5.17 Å². The molecule has 0 radical (unpaired) electrons. The Hall–Kier alpha value is -0.970. The van der Waals surface area contributed by atoms with E-state index in [0.717, 1.165) is 0 Å². The first-order chi connectivity index (χ1) is 6.24. The standard InChI is InChI=1S/C6H11N3OS.C2H6/c1-4-11-6(8-3)9-5(10)7-2;1-2/h4H,1H2,2-3H3,(H2,7,8,9,10);1-2H3. The Morgan fingerprint density at radius 1 is 1.54 bits per heavy atom. The van der Waals surface area contributed by atoms with Gasteiger partial charge in [0.05, 0.1) is 0 Å². The van der Waals surface area contributed by atoms with Crippen molar-refractivity contribution >= 4 is 23.0 Å². The zero-order valence-electron chi connectivity index (χ0n) is 8.55. The lowest BCUT2D eigenvalue weighted by atomic mass is 10.9. The third-order valence-corrected chi connectivity index (χ3v) is 1.52. The van der Waals surface area contributed by atoms with Crippen LogP contribution in [0.3, 0.4) is 0 Å². The molecule has 0 atom stereocenters. The summed E-state index contributed by atoms with van der Waals surface area (Å²) in [6, 6.07) is -0.278. The SMILES string of the molecule is C=CSC(=NC)NC(=O)NC.CC. The second-order valence-electron chi connectivity index (χ2n) is 1.52. The lowest BCUT2D eigenvalue weighted by molar-refractivity contribution is 0.247. The maximum Gasteiger partial charge on any atom is 0.320 e. The van der Waals surface area contributed by atoms with Crippen molar-refractivity contribution in [3.63, 3.8) is 0 Å². The Kier molecular flexibility index (Phi) is 12.3. The molecule has 0 saturated carbocycles. The van der Waals surface area contributed by atoms with Crippen LogP contribution in [0.25, 0.3) is 0 Å². The first-order valence-corrected chi connectivity index (χ1v) is 4.85. The monoisotopic (exact) mass is 203 g/mol. The van der Waals surface area contributed by atoms with Crippen molar-refractivity contribution in [1.29, 1.82) is 0 Å². The summed E-state index contributed by atoms with van der Waals surface area (Å²) in [6.45, 7) is 7.49. The number of nitrogens with one attached hydrogen (secondary N) is 2. The van der Waals surface area contributed by atoms with Crippen LogP contribution in [0.2, 0.25) is 0 Å². The highest BCUT2D eigenvalue weighted by Crippen LogP contribution is 2.00. The minimum absolute atomic E-state index is 0.278. The molecule has 0 spiro atoms. The summed E-state index contributed by atoms with van der Waals surface area (Å²) < 4.78 is 0. The fourth-order valence-electron chi connectivity index (χ4n) is 0.377. The van der Waals surface area contributed by atoms with Gasteiger partial charge in [0.2, 0.25) is 0 Å². The third kappa shape index (κ3) is 8.94. The van der Waals surface area contributed by atoms with E-state index < -0.39 is 0 Å². The van der Waals surface area contributed by atoms with E-state index in [1.165, 1.54) is 11.8 Å². The number of amidine groups is 1. The van der Waals surface area contributed by atoms with Gasteiger partial charge in [0.25, 0.3) is 0 Å². The van der Waals surface area contributed by atoms with E-state index in [1.807, 2.05) is 13.8 Å². The quantitative estimate of drug-likeness (QED) is 0.504. The summed E-state index contributed by atoms with van der Waals surface area (Å²) in [5.74, 6) is 0. The van der Waals surface area contributed by atoms with Gasteiger partial charge in [0.1, 0.15) is 0 Å². The second-order valence-corrected chi connectivity index (χ2v) is 2.47. The molecule has 0 heterocycles. The topological polar surface area (TPSA) is 53.5 Å². The minimum atomic E-state index is -0.278. The predicted octanol–water partition coefficient (Wildman–Crippen LogP) is 1.80. The van der Waals surface area contributed by atoms with E-state index in [9.17, 15) is 4.79 Å². The smallest absolute Gasteiger partial charge is 0.320 e. The molecule has 76 valence electrons. The van der Waals surface area contributed by atoms with E-state index in [4.69, 9.17) is 0 Å². The highest BCUT2D eigenvalue weighted by Gasteiger charge is 1.99. The van der Waals surface area contributed by atoms with Crippen LogP contribution in [0.4, 0.5) is 4.79 Å². The molecule has 0 aromatic heterocycles. The molecule has 0 unspecified atom stereocenters. The van der Waals surface area contributed by atoms with Crippen molar-refractivity contribution in [2.24, 2.45) is 4.99 Å². The van der Waals surface area contributed by atoms with Gasteiger partial charge in [-0.05, 0) is 5.41 Å². The van der Waals surface area contributed by atoms with Crippen LogP contribution in [0.5, 0.6) is 0 Å². The number of urea groups is 1. The molecule has 2 amide bonds. The number of thioether (sulfide) groups is 1. The van der Waals surface area contributed by atoms with Gasteiger partial charge >= 0.3 is 6.03 Å². The van der Waals surface area contributed by atoms with Crippen LogP contribution >= 0.6 is 11.8 Å². The number of nitrogens with zero attached hydrogens (tertiary/aromatic N) is 1. The zero-order chi connectivity index (χ0) is 10.7. The van der Waals surface area contributed by atoms with Crippen LogP contribution in [0.1, 0.15) is 13.8 Å². The van der Waals surface area contributed by atoms with Crippen molar-refractivity contribution in [3.05, 3.63) is 12.0 Å². The molecule has 0 aliphatic heterocycles. The highest BCUT2D eigenvalue weighted by molar-refractivity contribution is 8.16. The molecule has 0 aliphatic rings. The molecule has 0 rings (SSSR count). The number of rotatable bonds is 1. The van der Waals surface area contributed by atoms with Gasteiger partial charge in [-0.25, -0.2) is 4.79 Å². The van der Waals surface area contributed by atoms with Gasteiger partial charge in [-0.2, -0.15) is 0 Å². The first kappa shape index (κ1) is 14.5. The Balaban J connectivity index is 0. The molecule has 0 aromatic carbocycles. The van der Waals surface area contributed by atoms with Gasteiger partial charge in [0, 0.05) is 14.1 Å². The van der Waals surface area contributed by atoms with Crippen molar-refractivity contribution < 1.29 is 4.79 Å². The van der Waals surface area contributed by atoms with Crippen molar-refractivity contribution in [1.82, 2.24) is 10.6 Å². The molecule has 0 aromatic rings. The van der Waals surface area contributed by atoms with E-state index in [0.29, 0.717) is 5.17 Å². The average molecular weight is 203 g/mol. The predicted molar refractivity (Wildman–Crippen MR) is 60.1 cm³/mol. The Labute approximate surface area is 83.9 Å². The van der Waals surface area contributed by atoms with Crippen molar-refractivity contribution in [2.45, 2.75) is 13.8 Å². The Bertz CT molecular complexity index is 180. The van der Waals surface area contributed by atoms with Crippen LogP contribution in [-0.4, -0.2) is 25.3 Å². The largest absolute Gasteiger partial charge is 0.341 e. The molecule has 5 heteroatoms. The van der Waals surface area contributed by atoms with Crippen LogP contribution in [0.15, 0.2) is 17.0 Å². The van der Waals surface area contributed by atoms with Crippen molar-refractivity contribution in [2.75, 3.05) is 14.1 Å². The fraction of sp³-hybridized carbons (Fsp3) is 0.500. The summed E-state index contributed by atoms with van der Waals surface area (Å²) >= 11 is 1.26. The Morgan fingerprint density at radius 2 is 2.08 bits per heavy atom. The second kappa shape index (κ2) is 11.0. The molecule has 13 heavy (non-hydrogen) atoms. The van der Waals surface area contributed by atoms with E-state index >= 15 is 0 Å². The first-order valence-electron chi connectivity index (χ1n) is 3.97. The van der Waals surface area contributed by atoms with Gasteiger partial charge in [-0.3, -0.25) is 10.3 Å². The van der Waals surface area contributed by atoms with Crippen LogP contribution in [0, 0.1) is 0 Å². The molecular formula is C8H17N3OS. The van der Waals surface area contributed by atoms with Crippen LogP contribution < -0.4 is 10.6 Å². The molecule has 4 nitrogen and oxygen atoms in total. The average Bonchev–Trinajstić information content (AvgIpc) is 2.20. The molecule has 0 saturated heterocycles.